The van der Waals surface area contributed by atoms with E-state index in [4.69, 9.17) is 4.74 Å². The molecular weight excluding hydrogens is 297 g/mol. The highest BCUT2D eigenvalue weighted by Crippen LogP contribution is 2.65. The Morgan fingerprint density at radius 3 is 1.74 bits per heavy atom. The smallest absolute Gasteiger partial charge is 0.0604 e. The van der Waals surface area contributed by atoms with Crippen molar-refractivity contribution < 1.29 is 0 Å². The number of allylic oxidation sites excluding steroid dienone is 4. The predicted octanol–water partition coefficient (Wildman–Crippen LogP) is 6.68. The zero-order valence-corrected chi connectivity index (χ0v) is 16.8. The molecule has 1 unspecified atom stereocenters. The van der Waals surface area contributed by atoms with Crippen LogP contribution >= 0.6 is 7.05 Å². The fourth-order valence-electron chi connectivity index (χ4n) is 6.95. The summed E-state index contributed by atoms with van der Waals surface area (Å²) in [5.41, 5.74) is 5.14. The first-order valence-electron chi connectivity index (χ1n) is 9.68. The van der Waals surface area contributed by atoms with Gasteiger partial charge >= 0.3 is 0 Å². The fourth-order valence-corrected chi connectivity index (χ4v) is 10.4. The molecule has 0 radical (unpaired) electrons. The van der Waals surface area contributed by atoms with E-state index in [0.717, 1.165) is 17.8 Å². The van der Waals surface area contributed by atoms with Crippen molar-refractivity contribution in [3.63, 3.8) is 0 Å². The van der Waals surface area contributed by atoms with Gasteiger partial charge in [-0.1, -0.05) is 18.1 Å². The lowest BCUT2D eigenvalue weighted by atomic mass is 9.53. The van der Waals surface area contributed by atoms with E-state index in [2.05, 4.69) is 41.0 Å². The molecule has 0 heterocycles. The van der Waals surface area contributed by atoms with Crippen LogP contribution in [0.2, 0.25) is 0 Å². The molecule has 0 aromatic heterocycles. The van der Waals surface area contributed by atoms with Gasteiger partial charge in [-0.05, 0) is 114 Å². The van der Waals surface area contributed by atoms with Crippen LogP contribution in [-0.4, -0.2) is 18.9 Å². The number of hydrogen-bond donors (Lipinski definition) is 0. The molecule has 4 bridgehead atoms. The van der Waals surface area contributed by atoms with Crippen molar-refractivity contribution in [2.45, 2.75) is 71.8 Å². The van der Waals surface area contributed by atoms with Crippen LogP contribution in [0.15, 0.2) is 26.8 Å². The predicted molar refractivity (Wildman–Crippen MR) is 102 cm³/mol. The normalized spacial score (nSPS) is 42.9. The summed E-state index contributed by atoms with van der Waals surface area (Å²) in [4.78, 5) is 0. The van der Waals surface area contributed by atoms with Gasteiger partial charge in [-0.2, -0.15) is 0 Å². The number of rotatable bonds is 2. The summed E-state index contributed by atoms with van der Waals surface area (Å²) in [5, 5.41) is 1.67. The first-order chi connectivity index (χ1) is 10.7. The molecule has 5 rings (SSSR count). The summed E-state index contributed by atoms with van der Waals surface area (Å²) in [6.07, 6.45) is 8.78. The highest BCUT2D eigenvalue weighted by Gasteiger charge is 2.51. The van der Waals surface area contributed by atoms with Crippen molar-refractivity contribution in [2.75, 3.05) is 13.3 Å². The second kappa shape index (κ2) is 5.10. The van der Waals surface area contributed by atoms with E-state index in [1.54, 1.807) is 22.0 Å². The van der Waals surface area contributed by atoms with E-state index < -0.39 is 7.05 Å². The summed E-state index contributed by atoms with van der Waals surface area (Å²) in [6.45, 7) is 14.4. The van der Waals surface area contributed by atoms with Crippen molar-refractivity contribution in [3.8, 4) is 0 Å². The molecule has 0 N–H and O–H groups in total. The van der Waals surface area contributed by atoms with Crippen LogP contribution in [0.5, 0.6) is 0 Å². The molecule has 1 nitrogen and oxygen atoms in total. The first kappa shape index (κ1) is 16.2. The monoisotopic (exact) mass is 331 g/mol. The Balaban J connectivity index is 1.76. The van der Waals surface area contributed by atoms with Crippen LogP contribution < -0.4 is 0 Å². The summed E-state index contributed by atoms with van der Waals surface area (Å²) in [7, 11) is -1.38. The van der Waals surface area contributed by atoms with Crippen LogP contribution in [0.3, 0.4) is 0 Å². The molecule has 0 aliphatic heterocycles. The lowest BCUT2D eigenvalue weighted by molar-refractivity contribution is 0.00252. The van der Waals surface area contributed by atoms with Gasteiger partial charge in [0.1, 0.15) is 0 Å². The maximum absolute atomic E-state index is 5.77. The number of nitrogens with zero attached hydrogens (tertiary/aromatic N) is 1. The van der Waals surface area contributed by atoms with Crippen LogP contribution in [0.4, 0.5) is 0 Å². The summed E-state index contributed by atoms with van der Waals surface area (Å²) in [5.74, 6) is 3.64. The third-order valence-electron chi connectivity index (χ3n) is 7.63. The van der Waals surface area contributed by atoms with Crippen molar-refractivity contribution in [1.29, 1.82) is 0 Å². The van der Waals surface area contributed by atoms with Gasteiger partial charge in [0.25, 0.3) is 0 Å². The van der Waals surface area contributed by atoms with Gasteiger partial charge in [0.15, 0.2) is 0 Å². The van der Waals surface area contributed by atoms with Gasteiger partial charge in [-0.25, -0.2) is 0 Å². The van der Waals surface area contributed by atoms with E-state index in [1.165, 1.54) is 38.5 Å². The van der Waals surface area contributed by atoms with Crippen LogP contribution in [0.1, 0.15) is 66.2 Å². The lowest BCUT2D eigenvalue weighted by Crippen LogP contribution is -2.49. The molecule has 2 heteroatoms. The van der Waals surface area contributed by atoms with E-state index >= 15 is 0 Å². The van der Waals surface area contributed by atoms with Gasteiger partial charge in [0.2, 0.25) is 0 Å². The maximum atomic E-state index is 5.77. The molecule has 5 aliphatic rings. The first-order valence-corrected chi connectivity index (χ1v) is 12.3. The lowest BCUT2D eigenvalue weighted by Gasteiger charge is -2.55. The molecule has 0 aromatic rings. The van der Waals surface area contributed by atoms with Crippen molar-refractivity contribution >= 4 is 7.05 Å². The highest BCUT2D eigenvalue weighted by molar-refractivity contribution is 7.69. The van der Waals surface area contributed by atoms with Gasteiger partial charge in [0, 0.05) is 0 Å². The molecule has 23 heavy (non-hydrogen) atoms. The molecule has 0 spiro atoms. The van der Waals surface area contributed by atoms with E-state index in [-0.39, 0.29) is 0 Å². The topological polar surface area (TPSA) is 12.4 Å². The molecular formula is C21H34NP. The van der Waals surface area contributed by atoms with E-state index in [1.807, 2.05) is 0 Å². The SMILES string of the molecule is CC1=C(C)C(C)C(C)=C1P(C)(C)=NC12CC3CC(CC(C3)C1)C2. The summed E-state index contributed by atoms with van der Waals surface area (Å²) < 4.78 is 5.77. The minimum atomic E-state index is -1.38. The standard InChI is InChI=1S/C21H34NP/c1-13-14(2)16(4)20(15(13)3)23(5,6)22-21-10-17-7-18(11-21)9-19(8-17)12-21/h13,17-19H,7-12H2,1-6H3. The summed E-state index contributed by atoms with van der Waals surface area (Å²) >= 11 is 0. The second-order valence-electron chi connectivity index (χ2n) is 9.70. The van der Waals surface area contributed by atoms with E-state index in [9.17, 15) is 0 Å². The highest BCUT2D eigenvalue weighted by atomic mass is 31.2. The Hall–Kier alpha value is -0.290. The van der Waals surface area contributed by atoms with E-state index in [0.29, 0.717) is 11.5 Å². The van der Waals surface area contributed by atoms with Gasteiger partial charge in [-0.15, -0.1) is 0 Å². The van der Waals surface area contributed by atoms with Gasteiger partial charge in [0.05, 0.1) is 5.54 Å². The Morgan fingerprint density at radius 2 is 1.35 bits per heavy atom. The Bertz CT molecular complexity index is 622. The Labute approximate surface area is 143 Å². The maximum Gasteiger partial charge on any atom is 0.0604 e. The average Bonchev–Trinajstić information content (AvgIpc) is 2.60. The molecule has 4 fully saturated rings. The Morgan fingerprint density at radius 1 is 0.870 bits per heavy atom. The van der Waals surface area contributed by atoms with Gasteiger partial charge < -0.3 is 0 Å². The Kier molecular flexibility index (Phi) is 3.59. The van der Waals surface area contributed by atoms with Crippen molar-refractivity contribution in [1.82, 2.24) is 0 Å². The van der Waals surface area contributed by atoms with Crippen molar-refractivity contribution in [3.05, 3.63) is 22.0 Å². The molecule has 0 amide bonds. The fraction of sp³-hybridized carbons (Fsp3) is 0.810. The molecule has 128 valence electrons. The average molecular weight is 331 g/mol. The van der Waals surface area contributed by atoms with Gasteiger partial charge in [-0.3, -0.25) is 4.74 Å². The van der Waals surface area contributed by atoms with Crippen molar-refractivity contribution in [2.24, 2.45) is 28.4 Å². The minimum absolute atomic E-state index is 0.360. The van der Waals surface area contributed by atoms with Crippen LogP contribution in [-0.2, 0) is 0 Å². The third-order valence-corrected chi connectivity index (χ3v) is 10.3. The largest absolute Gasteiger partial charge is 0.293 e. The molecule has 4 saturated carbocycles. The third kappa shape index (κ3) is 2.45. The molecule has 0 saturated heterocycles. The minimum Gasteiger partial charge on any atom is -0.293 e. The van der Waals surface area contributed by atoms with Crippen LogP contribution in [0, 0.1) is 23.7 Å². The molecule has 1 atom stereocenters. The molecule has 5 aliphatic carbocycles. The number of hydrogen-bond acceptors (Lipinski definition) is 1. The quantitative estimate of drug-likeness (QED) is 0.501. The zero-order valence-electron chi connectivity index (χ0n) is 15.9. The summed E-state index contributed by atoms with van der Waals surface area (Å²) in [6, 6.07) is 0. The van der Waals surface area contributed by atoms with Crippen LogP contribution in [0.25, 0.3) is 0 Å². The molecule has 0 aromatic carbocycles. The zero-order chi connectivity index (χ0) is 16.6. The second-order valence-corrected chi connectivity index (χ2v) is 13.1.